The van der Waals surface area contributed by atoms with Gasteiger partial charge in [-0.15, -0.1) is 0 Å². The van der Waals surface area contributed by atoms with E-state index in [2.05, 4.69) is 67.9 Å². The molecule has 6 aromatic heterocycles. The Bertz CT molecular complexity index is 2620. The summed E-state index contributed by atoms with van der Waals surface area (Å²) >= 11 is 0. The summed E-state index contributed by atoms with van der Waals surface area (Å²) in [7, 11) is 2.81. The predicted octanol–water partition coefficient (Wildman–Crippen LogP) is 7.81. The third-order valence-electron chi connectivity index (χ3n) is 11.9. The molecule has 2 aliphatic carbocycles. The maximum atomic E-state index is 13.1. The van der Waals surface area contributed by atoms with Crippen LogP contribution in [0.1, 0.15) is 111 Å². The molecule has 0 bridgehead atoms. The Morgan fingerprint density at radius 1 is 0.790 bits per heavy atom. The first-order chi connectivity index (χ1) is 29.1. The van der Waals surface area contributed by atoms with Crippen molar-refractivity contribution in [3.8, 4) is 22.8 Å². The molecule has 0 fully saturated rings. The lowest BCUT2D eigenvalue weighted by atomic mass is 9.75. The van der Waals surface area contributed by atoms with Gasteiger partial charge < -0.3 is 24.9 Å². The molecule has 0 saturated carbocycles. The maximum Gasteiger partial charge on any atom is 0.255 e. The van der Waals surface area contributed by atoms with Crippen LogP contribution in [0.15, 0.2) is 24.8 Å². The lowest BCUT2D eigenvalue weighted by molar-refractivity contribution is 0.0890. The lowest BCUT2D eigenvalue weighted by Crippen LogP contribution is -2.30. The van der Waals surface area contributed by atoms with E-state index in [1.165, 1.54) is 22.5 Å². The average molecular weight is 863 g/mol. The molecule has 0 aromatic carbocycles. The fourth-order valence-electron chi connectivity index (χ4n) is 8.49. The molecule has 2 aliphatic rings. The molecule has 6 heterocycles. The lowest BCUT2D eigenvalue weighted by Gasteiger charge is -2.29. The van der Waals surface area contributed by atoms with Gasteiger partial charge in [0.1, 0.15) is 40.5 Å². The van der Waals surface area contributed by atoms with Gasteiger partial charge in [0.2, 0.25) is 0 Å². The van der Waals surface area contributed by atoms with E-state index in [1.807, 2.05) is 61.9 Å². The number of fused-ring (bicyclic) bond motifs is 4. The van der Waals surface area contributed by atoms with Crippen LogP contribution in [0, 0.1) is 10.8 Å². The van der Waals surface area contributed by atoms with E-state index in [9.17, 15) is 9.59 Å². The van der Waals surface area contributed by atoms with Crippen LogP contribution >= 0.6 is 0 Å². The number of nitrogens with one attached hydrogen (secondary N) is 3. The molecule has 8 rings (SSSR count). The molecule has 6 aromatic rings. The quantitative estimate of drug-likeness (QED) is 0.0867. The zero-order valence-electron chi connectivity index (χ0n) is 39.1. The Balaban J connectivity index is 0.000000192. The van der Waals surface area contributed by atoms with Crippen molar-refractivity contribution in [2.75, 3.05) is 6.61 Å². The summed E-state index contributed by atoms with van der Waals surface area (Å²) in [6, 6.07) is 1.17. The van der Waals surface area contributed by atoms with Gasteiger partial charge in [0.05, 0.1) is 23.5 Å². The molecule has 15 nitrogen and oxygen atoms in total. The molecule has 62 heavy (non-hydrogen) atoms. The Morgan fingerprint density at radius 2 is 1.31 bits per heavy atom. The van der Waals surface area contributed by atoms with Crippen molar-refractivity contribution in [1.82, 2.24) is 59.7 Å². The molecule has 0 saturated heterocycles. The molecular weight excluding hydrogens is 797 g/mol. The predicted molar refractivity (Wildman–Crippen MR) is 247 cm³/mol. The molecule has 0 atom stereocenters. The number of carbonyl (C=O) groups excluding carboxylic acids is 2. The minimum absolute atomic E-state index is 0.0232. The molecule has 332 valence electrons. The highest BCUT2D eigenvalue weighted by molar-refractivity contribution is 6.76. The Morgan fingerprint density at radius 3 is 1.84 bits per heavy atom. The third kappa shape index (κ3) is 9.70. The third-order valence-corrected chi connectivity index (χ3v) is 13.6. The first kappa shape index (κ1) is 44.8. The number of nitrogens with zero attached hydrogens (tertiary/aromatic N) is 9. The molecule has 16 heteroatoms. The number of aromatic amines is 1. The number of rotatable bonds is 11. The van der Waals surface area contributed by atoms with Crippen LogP contribution in [0.5, 0.6) is 0 Å². The van der Waals surface area contributed by atoms with Crippen LogP contribution in [0.2, 0.25) is 25.7 Å². The van der Waals surface area contributed by atoms with Gasteiger partial charge in [-0.05, 0) is 83.1 Å². The highest BCUT2D eigenvalue weighted by atomic mass is 28.3. The maximum absolute atomic E-state index is 13.1. The van der Waals surface area contributed by atoms with Crippen LogP contribution in [-0.4, -0.2) is 87.6 Å². The van der Waals surface area contributed by atoms with E-state index < -0.39 is 8.07 Å². The summed E-state index contributed by atoms with van der Waals surface area (Å²) < 4.78 is 11.8. The van der Waals surface area contributed by atoms with Crippen molar-refractivity contribution in [1.29, 1.82) is 0 Å². The van der Waals surface area contributed by atoms with Crippen molar-refractivity contribution < 1.29 is 14.3 Å². The smallest absolute Gasteiger partial charge is 0.255 e. The SMILES string of the molecule is CC(C)NC(=O)c1c[nH]c2ncc(-c3nn(C)c4c3CC(C)(C)CC4)nc12.CC(C)NC(=O)c1cn(COCC[Si](C)(C)C)c2ncc(-c3nn(C)c4c3CC(C)(C)CC4)nc12. The minimum Gasteiger partial charge on any atom is -0.361 e. The zero-order valence-corrected chi connectivity index (χ0v) is 40.1. The van der Waals surface area contributed by atoms with Gasteiger partial charge >= 0.3 is 0 Å². The van der Waals surface area contributed by atoms with Crippen LogP contribution < -0.4 is 10.6 Å². The number of H-pyrrole nitrogens is 1. The fourth-order valence-corrected chi connectivity index (χ4v) is 9.25. The second-order valence-electron chi connectivity index (χ2n) is 20.7. The van der Waals surface area contributed by atoms with Gasteiger partial charge in [-0.3, -0.25) is 19.0 Å². The Kier molecular flexibility index (Phi) is 12.4. The molecule has 0 spiro atoms. The zero-order chi connectivity index (χ0) is 44.9. The standard InChI is InChI=1S/C26H40N6O2Si.C20H26N6O/c1-17(2)28-25(33)19-15-32(16-34-11-12-35(6,7)8)24-23(19)29-20(14-27-24)22-18-13-26(3,4)10-9-21(18)31(5)30-22;1-11(2)23-19(27)13-9-21-18-17(13)24-14(10-22-18)16-12-8-20(3,4)7-6-15(12)26(5)25-16/h14-15,17H,9-13,16H2,1-8H3,(H,28,33);9-11H,6-8H2,1-5H3,(H,21,22)(H,23,27). The number of aromatic nitrogens is 10. The largest absolute Gasteiger partial charge is 0.361 e. The average Bonchev–Trinajstić information content (AvgIpc) is 3.93. The summed E-state index contributed by atoms with van der Waals surface area (Å²) in [5.74, 6) is -0.298. The van der Waals surface area contributed by atoms with Gasteiger partial charge in [0.25, 0.3) is 11.8 Å². The Labute approximate surface area is 366 Å². The topological polar surface area (TPSA) is 175 Å². The second-order valence-corrected chi connectivity index (χ2v) is 26.3. The van der Waals surface area contributed by atoms with E-state index in [0.29, 0.717) is 52.5 Å². The molecule has 0 unspecified atom stereocenters. The van der Waals surface area contributed by atoms with Crippen molar-refractivity contribution in [2.45, 2.75) is 138 Å². The van der Waals surface area contributed by atoms with Crippen LogP contribution in [0.4, 0.5) is 0 Å². The van der Waals surface area contributed by atoms with E-state index >= 15 is 0 Å². The number of aryl methyl sites for hydroxylation is 2. The van der Waals surface area contributed by atoms with Gasteiger partial charge in [0, 0.05) is 75.8 Å². The molecule has 3 N–H and O–H groups in total. The summed E-state index contributed by atoms with van der Waals surface area (Å²) in [5.41, 5.74) is 12.2. The van der Waals surface area contributed by atoms with Crippen LogP contribution in [0.3, 0.4) is 0 Å². The van der Waals surface area contributed by atoms with Gasteiger partial charge in [-0.2, -0.15) is 10.2 Å². The monoisotopic (exact) mass is 863 g/mol. The van der Waals surface area contributed by atoms with E-state index in [-0.39, 0.29) is 34.7 Å². The highest BCUT2D eigenvalue weighted by Crippen LogP contribution is 2.40. The van der Waals surface area contributed by atoms with Crippen molar-refractivity contribution in [3.05, 3.63) is 58.4 Å². The molecular formula is C46H66N12O3Si. The number of hydrogen-bond acceptors (Lipinski definition) is 9. The van der Waals surface area contributed by atoms with E-state index in [0.717, 1.165) is 61.7 Å². The van der Waals surface area contributed by atoms with E-state index in [1.54, 1.807) is 18.6 Å². The van der Waals surface area contributed by atoms with Crippen LogP contribution in [0.25, 0.3) is 45.1 Å². The molecule has 0 aliphatic heterocycles. The van der Waals surface area contributed by atoms with E-state index in [4.69, 9.17) is 29.9 Å². The summed E-state index contributed by atoms with van der Waals surface area (Å²) in [6.45, 7) is 25.0. The van der Waals surface area contributed by atoms with Crippen molar-refractivity contribution in [2.24, 2.45) is 24.9 Å². The minimum atomic E-state index is -1.18. The normalized spacial score (nSPS) is 15.7. The number of hydrogen-bond donors (Lipinski definition) is 3. The first-order valence-corrected chi connectivity index (χ1v) is 25.8. The van der Waals surface area contributed by atoms with Crippen LogP contribution in [-0.2, 0) is 51.2 Å². The summed E-state index contributed by atoms with van der Waals surface area (Å²) in [5, 5.41) is 15.5. The number of carbonyl (C=O) groups is 2. The second kappa shape index (κ2) is 17.2. The van der Waals surface area contributed by atoms with Crippen molar-refractivity contribution >= 4 is 42.2 Å². The summed E-state index contributed by atoms with van der Waals surface area (Å²) in [6.07, 6.45) is 13.3. The number of ether oxygens (including phenoxy) is 1. The fraction of sp³-hybridized carbons (Fsp3) is 0.565. The highest BCUT2D eigenvalue weighted by Gasteiger charge is 2.33. The molecule has 0 radical (unpaired) electrons. The van der Waals surface area contributed by atoms with Gasteiger partial charge in [-0.1, -0.05) is 47.3 Å². The van der Waals surface area contributed by atoms with Crippen molar-refractivity contribution in [3.63, 3.8) is 0 Å². The summed E-state index contributed by atoms with van der Waals surface area (Å²) in [4.78, 5) is 47.6. The number of amides is 2. The first-order valence-electron chi connectivity index (χ1n) is 22.1. The van der Waals surface area contributed by atoms with Gasteiger partial charge in [-0.25, -0.2) is 19.9 Å². The Hall–Kier alpha value is -5.22. The molecule has 2 amide bonds. The van der Waals surface area contributed by atoms with Gasteiger partial charge in [0.15, 0.2) is 11.3 Å².